The first-order valence-corrected chi connectivity index (χ1v) is 4.18. The summed E-state index contributed by atoms with van der Waals surface area (Å²) >= 11 is 0. The number of carbonyl (C=O) groups is 1. The largest absolute Gasteiger partial charge is 0.352 e. The van der Waals surface area contributed by atoms with Gasteiger partial charge in [0, 0.05) is 0 Å². The van der Waals surface area contributed by atoms with Crippen molar-refractivity contribution < 1.29 is 4.79 Å². The highest BCUT2D eigenvalue weighted by Gasteiger charge is 2.21. The Kier molecular flexibility index (Phi) is 1.82. The Balaban J connectivity index is 2.18. The van der Waals surface area contributed by atoms with Crippen LogP contribution in [0.4, 0.5) is 0 Å². The van der Waals surface area contributed by atoms with Crippen LogP contribution in [0.3, 0.4) is 0 Å². The first kappa shape index (κ1) is 7.35. The third kappa shape index (κ3) is 1.09. The molecule has 0 bridgehead atoms. The van der Waals surface area contributed by atoms with Gasteiger partial charge in [-0.05, 0) is 24.0 Å². The second kappa shape index (κ2) is 2.97. The van der Waals surface area contributed by atoms with Crippen LogP contribution in [0.15, 0.2) is 35.5 Å². The van der Waals surface area contributed by atoms with E-state index in [0.717, 1.165) is 19.3 Å². The van der Waals surface area contributed by atoms with Gasteiger partial charge in [0.1, 0.15) is 0 Å². The topological polar surface area (TPSA) is 29.1 Å². The highest BCUT2D eigenvalue weighted by atomic mass is 16.1. The number of nitrogens with one attached hydrogen (secondary N) is 1. The smallest absolute Gasteiger partial charge is 0.207 e. The summed E-state index contributed by atoms with van der Waals surface area (Å²) in [5.74, 6) is 0. The number of rotatable bonds is 2. The fraction of sp³-hybridized carbons (Fsp3) is 0.300. The van der Waals surface area contributed by atoms with Gasteiger partial charge in [-0.2, -0.15) is 0 Å². The number of carbonyl (C=O) groups excluding carboxylic acids is 1. The molecule has 0 radical (unpaired) electrons. The summed E-state index contributed by atoms with van der Waals surface area (Å²) in [7, 11) is 0. The van der Waals surface area contributed by atoms with E-state index in [1.54, 1.807) is 0 Å². The van der Waals surface area contributed by atoms with Crippen molar-refractivity contribution in [3.05, 3.63) is 35.5 Å². The third-order valence-electron chi connectivity index (χ3n) is 2.32. The molecule has 0 spiro atoms. The Morgan fingerprint density at radius 3 is 3.25 bits per heavy atom. The molecule has 0 fully saturated rings. The standard InChI is InChI=1S/C10H11NO/c12-7-11-10-6-5-8-3-1-2-4-9(8)10/h1,3-5,7,10H,2,6H2,(H,11,12). The minimum absolute atomic E-state index is 0.224. The number of hydrogen-bond acceptors (Lipinski definition) is 1. The van der Waals surface area contributed by atoms with Gasteiger partial charge in [-0.25, -0.2) is 0 Å². The summed E-state index contributed by atoms with van der Waals surface area (Å²) in [6.07, 6.45) is 11.3. The summed E-state index contributed by atoms with van der Waals surface area (Å²) in [6.45, 7) is 0. The van der Waals surface area contributed by atoms with Crippen molar-refractivity contribution in [2.24, 2.45) is 0 Å². The van der Waals surface area contributed by atoms with E-state index in [4.69, 9.17) is 0 Å². The fourth-order valence-electron chi connectivity index (χ4n) is 1.75. The van der Waals surface area contributed by atoms with E-state index >= 15 is 0 Å². The van der Waals surface area contributed by atoms with Crippen LogP contribution in [0, 0.1) is 0 Å². The van der Waals surface area contributed by atoms with Gasteiger partial charge < -0.3 is 5.32 Å². The van der Waals surface area contributed by atoms with Crippen molar-refractivity contribution in [3.63, 3.8) is 0 Å². The van der Waals surface area contributed by atoms with Crippen LogP contribution in [0.25, 0.3) is 0 Å². The number of fused-ring (bicyclic) bond motifs is 1. The van der Waals surface area contributed by atoms with Crippen molar-refractivity contribution in [2.75, 3.05) is 0 Å². The van der Waals surface area contributed by atoms with Gasteiger partial charge in [0.2, 0.25) is 6.41 Å². The normalized spacial score (nSPS) is 25.8. The van der Waals surface area contributed by atoms with E-state index in [1.807, 2.05) is 0 Å². The van der Waals surface area contributed by atoms with E-state index in [0.29, 0.717) is 0 Å². The highest BCUT2D eigenvalue weighted by molar-refractivity contribution is 5.55. The van der Waals surface area contributed by atoms with Gasteiger partial charge in [0.15, 0.2) is 0 Å². The number of amides is 1. The Bertz CT molecular complexity index is 286. The zero-order chi connectivity index (χ0) is 8.39. The summed E-state index contributed by atoms with van der Waals surface area (Å²) in [5.41, 5.74) is 2.56. The van der Waals surface area contributed by atoms with Crippen LogP contribution in [0.2, 0.25) is 0 Å². The van der Waals surface area contributed by atoms with Gasteiger partial charge in [-0.15, -0.1) is 0 Å². The predicted octanol–water partition coefficient (Wildman–Crippen LogP) is 1.32. The summed E-state index contributed by atoms with van der Waals surface area (Å²) in [6, 6.07) is 0.224. The van der Waals surface area contributed by atoms with Crippen molar-refractivity contribution in [2.45, 2.75) is 18.9 Å². The van der Waals surface area contributed by atoms with Crippen LogP contribution < -0.4 is 5.32 Å². The molecule has 62 valence electrons. The monoisotopic (exact) mass is 161 g/mol. The van der Waals surface area contributed by atoms with E-state index in [-0.39, 0.29) is 6.04 Å². The van der Waals surface area contributed by atoms with E-state index in [1.165, 1.54) is 11.1 Å². The van der Waals surface area contributed by atoms with Crippen molar-refractivity contribution >= 4 is 6.41 Å². The van der Waals surface area contributed by atoms with Crippen molar-refractivity contribution in [1.82, 2.24) is 5.32 Å². The lowest BCUT2D eigenvalue weighted by Crippen LogP contribution is -2.27. The van der Waals surface area contributed by atoms with Crippen LogP contribution in [-0.4, -0.2) is 12.5 Å². The Hall–Kier alpha value is -1.31. The van der Waals surface area contributed by atoms with Crippen LogP contribution in [0.5, 0.6) is 0 Å². The summed E-state index contributed by atoms with van der Waals surface area (Å²) in [4.78, 5) is 10.3. The average molecular weight is 161 g/mol. The lowest BCUT2D eigenvalue weighted by molar-refractivity contribution is -0.109. The maximum atomic E-state index is 10.3. The third-order valence-corrected chi connectivity index (χ3v) is 2.32. The lowest BCUT2D eigenvalue weighted by atomic mass is 9.99. The molecule has 2 heteroatoms. The second-order valence-electron chi connectivity index (χ2n) is 3.03. The van der Waals surface area contributed by atoms with E-state index in [2.05, 4.69) is 29.6 Å². The Labute approximate surface area is 71.7 Å². The summed E-state index contributed by atoms with van der Waals surface area (Å²) < 4.78 is 0. The first-order valence-electron chi connectivity index (χ1n) is 4.18. The minimum Gasteiger partial charge on any atom is -0.352 e. The van der Waals surface area contributed by atoms with Crippen LogP contribution in [-0.2, 0) is 4.79 Å². The molecule has 0 aromatic rings. The molecule has 0 aromatic carbocycles. The minimum atomic E-state index is 0.224. The second-order valence-corrected chi connectivity index (χ2v) is 3.03. The van der Waals surface area contributed by atoms with E-state index in [9.17, 15) is 4.79 Å². The molecule has 2 aliphatic rings. The lowest BCUT2D eigenvalue weighted by Gasteiger charge is -2.14. The molecule has 0 heterocycles. The first-order chi connectivity index (χ1) is 5.92. The summed E-state index contributed by atoms with van der Waals surface area (Å²) in [5, 5.41) is 2.81. The van der Waals surface area contributed by atoms with Crippen LogP contribution >= 0.6 is 0 Å². The van der Waals surface area contributed by atoms with Crippen molar-refractivity contribution in [3.8, 4) is 0 Å². The molecule has 12 heavy (non-hydrogen) atoms. The number of hydrogen-bond donors (Lipinski definition) is 1. The van der Waals surface area contributed by atoms with Gasteiger partial charge in [-0.1, -0.05) is 24.3 Å². The Morgan fingerprint density at radius 2 is 2.42 bits per heavy atom. The molecule has 1 N–H and O–H groups in total. The molecule has 1 atom stereocenters. The molecular weight excluding hydrogens is 150 g/mol. The molecule has 0 saturated heterocycles. The molecule has 0 aliphatic heterocycles. The predicted molar refractivity (Wildman–Crippen MR) is 47.5 cm³/mol. The average Bonchev–Trinajstić information content (AvgIpc) is 2.50. The van der Waals surface area contributed by atoms with Gasteiger partial charge in [0.25, 0.3) is 0 Å². The maximum absolute atomic E-state index is 10.3. The van der Waals surface area contributed by atoms with Gasteiger partial charge >= 0.3 is 0 Å². The van der Waals surface area contributed by atoms with Crippen molar-refractivity contribution in [1.29, 1.82) is 0 Å². The molecule has 1 unspecified atom stereocenters. The molecule has 0 aromatic heterocycles. The molecule has 1 amide bonds. The SMILES string of the molecule is O=CNC1CC=C2C=CCC=C21. The van der Waals surface area contributed by atoms with E-state index < -0.39 is 0 Å². The highest BCUT2D eigenvalue weighted by Crippen LogP contribution is 2.29. The van der Waals surface area contributed by atoms with Gasteiger partial charge in [0.05, 0.1) is 6.04 Å². The molecular formula is C10H11NO. The molecule has 2 rings (SSSR count). The maximum Gasteiger partial charge on any atom is 0.207 e. The molecule has 2 aliphatic carbocycles. The van der Waals surface area contributed by atoms with Crippen LogP contribution in [0.1, 0.15) is 12.8 Å². The zero-order valence-corrected chi connectivity index (χ0v) is 6.79. The van der Waals surface area contributed by atoms with Gasteiger partial charge in [-0.3, -0.25) is 4.79 Å². The molecule has 2 nitrogen and oxygen atoms in total. The molecule has 0 saturated carbocycles. The quantitative estimate of drug-likeness (QED) is 0.608. The zero-order valence-electron chi connectivity index (χ0n) is 6.79. The Morgan fingerprint density at radius 1 is 1.50 bits per heavy atom. The number of allylic oxidation sites excluding steroid dienone is 3. The fourth-order valence-corrected chi connectivity index (χ4v) is 1.75.